The summed E-state index contributed by atoms with van der Waals surface area (Å²) in [7, 11) is 0. The first-order chi connectivity index (χ1) is 9.10. The Morgan fingerprint density at radius 3 is 2.47 bits per heavy atom. The Labute approximate surface area is 112 Å². The van der Waals surface area contributed by atoms with Crippen molar-refractivity contribution in [1.82, 2.24) is 0 Å². The van der Waals surface area contributed by atoms with Gasteiger partial charge in [0.15, 0.2) is 0 Å². The molecule has 100 valence electrons. The van der Waals surface area contributed by atoms with Crippen LogP contribution in [0.2, 0.25) is 0 Å². The van der Waals surface area contributed by atoms with E-state index in [0.29, 0.717) is 0 Å². The Bertz CT molecular complexity index is 551. The molecule has 3 heteroatoms. The molecule has 0 saturated carbocycles. The summed E-state index contributed by atoms with van der Waals surface area (Å²) in [6.07, 6.45) is 0.876. The molecule has 2 rings (SSSR count). The fourth-order valence-corrected chi connectivity index (χ4v) is 2.07. The maximum atomic E-state index is 13.3. The summed E-state index contributed by atoms with van der Waals surface area (Å²) in [5.74, 6) is 0.00852. The molecule has 0 radical (unpaired) electrons. The molecule has 0 fully saturated rings. The summed E-state index contributed by atoms with van der Waals surface area (Å²) in [4.78, 5) is 0. The Hall–Kier alpha value is -2.03. The Morgan fingerprint density at radius 1 is 1.16 bits per heavy atom. The zero-order valence-electron chi connectivity index (χ0n) is 11.2. The predicted octanol–water partition coefficient (Wildman–Crippen LogP) is 4.40. The SMILES string of the molecule is CCC(Nc1cc(F)ccc1C)c1ccc(O)cc1. The molecule has 1 unspecified atom stereocenters. The molecular formula is C16H18FNO. The van der Waals surface area contributed by atoms with Crippen molar-refractivity contribution in [3.8, 4) is 5.75 Å². The van der Waals surface area contributed by atoms with Crippen molar-refractivity contribution < 1.29 is 9.50 Å². The van der Waals surface area contributed by atoms with E-state index in [1.165, 1.54) is 12.1 Å². The van der Waals surface area contributed by atoms with Gasteiger partial charge in [-0.3, -0.25) is 0 Å². The molecule has 2 aromatic rings. The number of phenolic OH excluding ortho intramolecular Hbond substituents is 1. The average molecular weight is 259 g/mol. The number of aryl methyl sites for hydroxylation is 1. The molecule has 0 aromatic heterocycles. The van der Waals surface area contributed by atoms with Crippen LogP contribution in [-0.2, 0) is 0 Å². The first kappa shape index (κ1) is 13.4. The lowest BCUT2D eigenvalue weighted by Crippen LogP contribution is -2.10. The summed E-state index contributed by atoms with van der Waals surface area (Å²) in [5.41, 5.74) is 2.89. The van der Waals surface area contributed by atoms with Crippen molar-refractivity contribution >= 4 is 5.69 Å². The molecular weight excluding hydrogens is 241 g/mol. The van der Waals surface area contributed by atoms with Gasteiger partial charge in [0.05, 0.1) is 6.04 Å². The van der Waals surface area contributed by atoms with Gasteiger partial charge >= 0.3 is 0 Å². The van der Waals surface area contributed by atoms with Gasteiger partial charge in [0.25, 0.3) is 0 Å². The highest BCUT2D eigenvalue weighted by Crippen LogP contribution is 2.26. The van der Waals surface area contributed by atoms with Crippen LogP contribution in [0, 0.1) is 12.7 Å². The van der Waals surface area contributed by atoms with E-state index < -0.39 is 0 Å². The van der Waals surface area contributed by atoms with Crippen LogP contribution in [0.5, 0.6) is 5.75 Å². The molecule has 0 spiro atoms. The van der Waals surface area contributed by atoms with E-state index in [2.05, 4.69) is 12.2 Å². The fraction of sp³-hybridized carbons (Fsp3) is 0.250. The second kappa shape index (κ2) is 5.74. The normalized spacial score (nSPS) is 12.2. The highest BCUT2D eigenvalue weighted by molar-refractivity contribution is 5.52. The molecule has 0 amide bonds. The minimum Gasteiger partial charge on any atom is -0.508 e. The van der Waals surface area contributed by atoms with Crippen LogP contribution < -0.4 is 5.32 Å². The number of aromatic hydroxyl groups is 1. The minimum absolute atomic E-state index is 0.0982. The number of anilines is 1. The smallest absolute Gasteiger partial charge is 0.125 e. The number of halogens is 1. The van der Waals surface area contributed by atoms with Gasteiger partial charge in [-0.2, -0.15) is 0 Å². The topological polar surface area (TPSA) is 32.3 Å². The summed E-state index contributed by atoms with van der Waals surface area (Å²) < 4.78 is 13.3. The lowest BCUT2D eigenvalue weighted by atomic mass is 10.0. The first-order valence-electron chi connectivity index (χ1n) is 6.41. The third kappa shape index (κ3) is 3.25. The van der Waals surface area contributed by atoms with Crippen molar-refractivity contribution in [2.24, 2.45) is 0 Å². The van der Waals surface area contributed by atoms with Gasteiger partial charge in [-0.15, -0.1) is 0 Å². The van der Waals surface area contributed by atoms with Crippen molar-refractivity contribution in [3.63, 3.8) is 0 Å². The van der Waals surface area contributed by atoms with E-state index in [9.17, 15) is 9.50 Å². The largest absolute Gasteiger partial charge is 0.508 e. The van der Waals surface area contributed by atoms with E-state index in [1.54, 1.807) is 18.2 Å². The van der Waals surface area contributed by atoms with Crippen LogP contribution in [-0.4, -0.2) is 5.11 Å². The van der Waals surface area contributed by atoms with Gasteiger partial charge in [-0.25, -0.2) is 4.39 Å². The van der Waals surface area contributed by atoms with E-state index in [4.69, 9.17) is 0 Å². The molecule has 1 atom stereocenters. The highest BCUT2D eigenvalue weighted by Gasteiger charge is 2.10. The number of hydrogen-bond donors (Lipinski definition) is 2. The highest BCUT2D eigenvalue weighted by atomic mass is 19.1. The molecule has 0 heterocycles. The standard InChI is InChI=1S/C16H18FNO/c1-3-15(12-5-8-14(19)9-6-12)18-16-10-13(17)7-4-11(16)2/h4-10,15,18-19H,3H2,1-2H3. The summed E-state index contributed by atoms with van der Waals surface area (Å²) in [6.45, 7) is 4.02. The Balaban J connectivity index is 2.23. The van der Waals surface area contributed by atoms with Crippen LogP contribution in [0.1, 0.15) is 30.5 Å². The molecule has 19 heavy (non-hydrogen) atoms. The average Bonchev–Trinajstić information content (AvgIpc) is 2.41. The molecule has 0 aliphatic carbocycles. The van der Waals surface area contributed by atoms with Gasteiger partial charge in [0.1, 0.15) is 11.6 Å². The molecule has 0 aliphatic heterocycles. The summed E-state index contributed by atoms with van der Waals surface area (Å²) in [6, 6.07) is 11.9. The van der Waals surface area contributed by atoms with Gasteiger partial charge in [0.2, 0.25) is 0 Å². The summed E-state index contributed by atoms with van der Waals surface area (Å²) >= 11 is 0. The Morgan fingerprint density at radius 2 is 1.84 bits per heavy atom. The van der Waals surface area contributed by atoms with Gasteiger partial charge in [-0.05, 0) is 48.7 Å². The number of nitrogens with one attached hydrogen (secondary N) is 1. The van der Waals surface area contributed by atoms with E-state index in [0.717, 1.165) is 23.2 Å². The Kier molecular flexibility index (Phi) is 4.05. The zero-order chi connectivity index (χ0) is 13.8. The van der Waals surface area contributed by atoms with Crippen LogP contribution in [0.4, 0.5) is 10.1 Å². The maximum Gasteiger partial charge on any atom is 0.125 e. The minimum atomic E-state index is -0.242. The molecule has 2 nitrogen and oxygen atoms in total. The molecule has 2 aromatic carbocycles. The molecule has 0 bridgehead atoms. The van der Waals surface area contributed by atoms with Crippen LogP contribution in [0.25, 0.3) is 0 Å². The van der Waals surface area contributed by atoms with Crippen molar-refractivity contribution in [1.29, 1.82) is 0 Å². The predicted molar refractivity (Wildman–Crippen MR) is 75.9 cm³/mol. The zero-order valence-corrected chi connectivity index (χ0v) is 11.2. The number of hydrogen-bond acceptors (Lipinski definition) is 2. The second-order valence-electron chi connectivity index (χ2n) is 4.66. The van der Waals surface area contributed by atoms with Crippen molar-refractivity contribution in [2.45, 2.75) is 26.3 Å². The van der Waals surface area contributed by atoms with Crippen LogP contribution in [0.15, 0.2) is 42.5 Å². The van der Waals surface area contributed by atoms with Gasteiger partial charge in [0, 0.05) is 5.69 Å². The van der Waals surface area contributed by atoms with Crippen molar-refractivity contribution in [3.05, 3.63) is 59.4 Å². The van der Waals surface area contributed by atoms with E-state index in [-0.39, 0.29) is 17.6 Å². The number of phenols is 1. The van der Waals surface area contributed by atoms with Crippen LogP contribution >= 0.6 is 0 Å². The third-order valence-corrected chi connectivity index (χ3v) is 3.23. The van der Waals surface area contributed by atoms with Gasteiger partial charge in [-0.1, -0.05) is 25.1 Å². The maximum absolute atomic E-state index is 13.3. The molecule has 2 N–H and O–H groups in total. The molecule has 0 saturated heterocycles. The van der Waals surface area contributed by atoms with Crippen molar-refractivity contribution in [2.75, 3.05) is 5.32 Å². The monoisotopic (exact) mass is 259 g/mol. The second-order valence-corrected chi connectivity index (χ2v) is 4.66. The number of benzene rings is 2. The summed E-state index contributed by atoms with van der Waals surface area (Å²) in [5, 5.41) is 12.7. The fourth-order valence-electron chi connectivity index (χ4n) is 2.07. The van der Waals surface area contributed by atoms with Crippen LogP contribution in [0.3, 0.4) is 0 Å². The molecule has 0 aliphatic rings. The lowest BCUT2D eigenvalue weighted by molar-refractivity contribution is 0.475. The lowest BCUT2D eigenvalue weighted by Gasteiger charge is -2.20. The number of rotatable bonds is 4. The van der Waals surface area contributed by atoms with E-state index >= 15 is 0 Å². The third-order valence-electron chi connectivity index (χ3n) is 3.23. The quantitative estimate of drug-likeness (QED) is 0.852. The van der Waals surface area contributed by atoms with E-state index in [1.807, 2.05) is 19.1 Å². The van der Waals surface area contributed by atoms with Gasteiger partial charge < -0.3 is 10.4 Å². The first-order valence-corrected chi connectivity index (χ1v) is 6.41.